The molecule has 2 aromatic carbocycles. The normalized spacial score (nSPS) is 12.3. The summed E-state index contributed by atoms with van der Waals surface area (Å²) >= 11 is 0. The fourth-order valence-corrected chi connectivity index (χ4v) is 1.85. The maximum absolute atomic E-state index is 12.8. The standard InChI is InChI=1S/C15H16FNO2/c1-10(11-5-7-13(16)8-6-11)17-9-12-3-2-4-14(18)15(12)19/h2-8,10,17-19H,9H2,1H3/t10-/m0/s1. The average Bonchev–Trinajstić information content (AvgIpc) is 2.41. The molecule has 0 radical (unpaired) electrons. The van der Waals surface area contributed by atoms with Gasteiger partial charge >= 0.3 is 0 Å². The van der Waals surface area contributed by atoms with E-state index in [4.69, 9.17) is 0 Å². The van der Waals surface area contributed by atoms with Crippen molar-refractivity contribution >= 4 is 0 Å². The number of aromatic hydroxyl groups is 2. The molecule has 0 spiro atoms. The molecule has 0 bridgehead atoms. The lowest BCUT2D eigenvalue weighted by molar-refractivity contribution is 0.396. The Kier molecular flexibility index (Phi) is 4.02. The van der Waals surface area contributed by atoms with E-state index in [0.29, 0.717) is 12.1 Å². The van der Waals surface area contributed by atoms with Gasteiger partial charge in [0.15, 0.2) is 11.5 Å². The van der Waals surface area contributed by atoms with Crippen LogP contribution in [-0.2, 0) is 6.54 Å². The Morgan fingerprint density at radius 1 is 1.11 bits per heavy atom. The highest BCUT2D eigenvalue weighted by Crippen LogP contribution is 2.28. The van der Waals surface area contributed by atoms with Crippen LogP contribution in [0.25, 0.3) is 0 Å². The minimum absolute atomic E-state index is 0.0161. The number of phenolic OH excluding ortho intramolecular Hbond substituents is 2. The summed E-state index contributed by atoms with van der Waals surface area (Å²) in [4.78, 5) is 0. The molecule has 0 heterocycles. The molecule has 2 aromatic rings. The summed E-state index contributed by atoms with van der Waals surface area (Å²) in [7, 11) is 0. The van der Waals surface area contributed by atoms with Gasteiger partial charge in [0.1, 0.15) is 5.82 Å². The molecule has 4 heteroatoms. The van der Waals surface area contributed by atoms with Crippen molar-refractivity contribution in [3.8, 4) is 11.5 Å². The van der Waals surface area contributed by atoms with Crippen molar-refractivity contribution in [2.45, 2.75) is 19.5 Å². The molecule has 0 fully saturated rings. The number of phenols is 2. The van der Waals surface area contributed by atoms with Gasteiger partial charge in [-0.05, 0) is 30.7 Å². The maximum Gasteiger partial charge on any atom is 0.161 e. The Labute approximate surface area is 111 Å². The maximum atomic E-state index is 12.8. The molecular formula is C15H16FNO2. The first-order valence-corrected chi connectivity index (χ1v) is 6.06. The minimum atomic E-state index is -0.262. The van der Waals surface area contributed by atoms with Crippen LogP contribution >= 0.6 is 0 Å². The van der Waals surface area contributed by atoms with E-state index in [-0.39, 0.29) is 23.4 Å². The van der Waals surface area contributed by atoms with E-state index in [9.17, 15) is 14.6 Å². The largest absolute Gasteiger partial charge is 0.504 e. The van der Waals surface area contributed by atoms with Gasteiger partial charge in [0.2, 0.25) is 0 Å². The lowest BCUT2D eigenvalue weighted by Gasteiger charge is -2.15. The number of nitrogens with one attached hydrogen (secondary N) is 1. The smallest absolute Gasteiger partial charge is 0.161 e. The highest BCUT2D eigenvalue weighted by molar-refractivity contribution is 5.44. The molecule has 2 rings (SSSR count). The zero-order chi connectivity index (χ0) is 13.8. The van der Waals surface area contributed by atoms with Crippen molar-refractivity contribution in [1.82, 2.24) is 5.32 Å². The predicted molar refractivity (Wildman–Crippen MR) is 71.4 cm³/mol. The van der Waals surface area contributed by atoms with Gasteiger partial charge in [-0.2, -0.15) is 0 Å². The van der Waals surface area contributed by atoms with Crippen LogP contribution < -0.4 is 5.32 Å². The fraction of sp³-hybridized carbons (Fsp3) is 0.200. The molecule has 0 aliphatic rings. The molecular weight excluding hydrogens is 245 g/mol. The second-order valence-electron chi connectivity index (χ2n) is 4.44. The Balaban J connectivity index is 2.02. The van der Waals surface area contributed by atoms with Crippen molar-refractivity contribution in [1.29, 1.82) is 0 Å². The van der Waals surface area contributed by atoms with Crippen molar-refractivity contribution in [2.24, 2.45) is 0 Å². The fourth-order valence-electron chi connectivity index (χ4n) is 1.85. The summed E-state index contributed by atoms with van der Waals surface area (Å²) in [5.74, 6) is -0.503. The highest BCUT2D eigenvalue weighted by atomic mass is 19.1. The van der Waals surface area contributed by atoms with Gasteiger partial charge in [0, 0.05) is 18.2 Å². The minimum Gasteiger partial charge on any atom is -0.504 e. The number of rotatable bonds is 4. The van der Waals surface area contributed by atoms with Gasteiger partial charge in [0.25, 0.3) is 0 Å². The monoisotopic (exact) mass is 261 g/mol. The van der Waals surface area contributed by atoms with Gasteiger partial charge in [-0.25, -0.2) is 4.39 Å². The summed E-state index contributed by atoms with van der Waals surface area (Å²) in [5.41, 5.74) is 1.58. The average molecular weight is 261 g/mol. The van der Waals surface area contributed by atoms with E-state index in [0.717, 1.165) is 5.56 Å². The summed E-state index contributed by atoms with van der Waals surface area (Å²) in [6.07, 6.45) is 0. The van der Waals surface area contributed by atoms with Crippen LogP contribution in [0.3, 0.4) is 0 Å². The van der Waals surface area contributed by atoms with Crippen molar-refractivity contribution in [2.75, 3.05) is 0 Å². The molecule has 1 atom stereocenters. The van der Waals surface area contributed by atoms with Crippen LogP contribution in [0.15, 0.2) is 42.5 Å². The third-order valence-electron chi connectivity index (χ3n) is 3.07. The molecule has 0 aliphatic heterocycles. The van der Waals surface area contributed by atoms with Gasteiger partial charge in [-0.15, -0.1) is 0 Å². The number of halogens is 1. The van der Waals surface area contributed by atoms with Crippen LogP contribution in [-0.4, -0.2) is 10.2 Å². The van der Waals surface area contributed by atoms with Crippen LogP contribution in [0.2, 0.25) is 0 Å². The van der Waals surface area contributed by atoms with Gasteiger partial charge < -0.3 is 15.5 Å². The molecule has 3 N–H and O–H groups in total. The SMILES string of the molecule is C[C@H](NCc1cccc(O)c1O)c1ccc(F)cc1. The molecule has 19 heavy (non-hydrogen) atoms. The van der Waals surface area contributed by atoms with Crippen molar-refractivity contribution < 1.29 is 14.6 Å². The first-order valence-electron chi connectivity index (χ1n) is 6.06. The lowest BCUT2D eigenvalue weighted by Crippen LogP contribution is -2.18. The second kappa shape index (κ2) is 5.71. The summed E-state index contributed by atoms with van der Waals surface area (Å²) in [5, 5.41) is 22.3. The third kappa shape index (κ3) is 3.23. The molecule has 3 nitrogen and oxygen atoms in total. The zero-order valence-electron chi connectivity index (χ0n) is 10.6. The number of hydrogen-bond donors (Lipinski definition) is 3. The summed E-state index contributed by atoms with van der Waals surface area (Å²) < 4.78 is 12.8. The van der Waals surface area contributed by atoms with Crippen LogP contribution in [0, 0.1) is 5.82 Å². The van der Waals surface area contributed by atoms with Gasteiger partial charge in [0.05, 0.1) is 0 Å². The Morgan fingerprint density at radius 3 is 2.47 bits per heavy atom. The Morgan fingerprint density at radius 2 is 1.79 bits per heavy atom. The first kappa shape index (κ1) is 13.4. The van der Waals surface area contributed by atoms with E-state index in [2.05, 4.69) is 5.32 Å². The van der Waals surface area contributed by atoms with E-state index in [1.807, 2.05) is 6.92 Å². The summed E-state index contributed by atoms with van der Waals surface area (Å²) in [6.45, 7) is 2.37. The number of para-hydroxylation sites is 1. The van der Waals surface area contributed by atoms with E-state index < -0.39 is 0 Å². The quantitative estimate of drug-likeness (QED) is 0.741. The van der Waals surface area contributed by atoms with Crippen LogP contribution in [0.1, 0.15) is 24.1 Å². The summed E-state index contributed by atoms with van der Waals surface area (Å²) in [6, 6.07) is 11.1. The predicted octanol–water partition coefficient (Wildman–Crippen LogP) is 3.09. The Bertz CT molecular complexity index is 555. The first-order chi connectivity index (χ1) is 9.08. The highest BCUT2D eigenvalue weighted by Gasteiger charge is 2.08. The molecule has 0 saturated heterocycles. The van der Waals surface area contributed by atoms with Gasteiger partial charge in [-0.1, -0.05) is 24.3 Å². The van der Waals surface area contributed by atoms with E-state index >= 15 is 0 Å². The van der Waals surface area contributed by atoms with Crippen molar-refractivity contribution in [3.05, 3.63) is 59.4 Å². The zero-order valence-corrected chi connectivity index (χ0v) is 10.6. The van der Waals surface area contributed by atoms with E-state index in [1.54, 1.807) is 24.3 Å². The van der Waals surface area contributed by atoms with Crippen LogP contribution in [0.4, 0.5) is 4.39 Å². The molecule has 0 unspecified atom stereocenters. The van der Waals surface area contributed by atoms with Crippen LogP contribution in [0.5, 0.6) is 11.5 Å². The second-order valence-corrected chi connectivity index (χ2v) is 4.44. The molecule has 0 aromatic heterocycles. The lowest BCUT2D eigenvalue weighted by atomic mass is 10.1. The number of hydrogen-bond acceptors (Lipinski definition) is 3. The van der Waals surface area contributed by atoms with Crippen molar-refractivity contribution in [3.63, 3.8) is 0 Å². The molecule has 0 amide bonds. The topological polar surface area (TPSA) is 52.5 Å². The number of benzene rings is 2. The van der Waals surface area contributed by atoms with E-state index in [1.165, 1.54) is 18.2 Å². The molecule has 100 valence electrons. The Hall–Kier alpha value is -2.07. The van der Waals surface area contributed by atoms with Gasteiger partial charge in [-0.3, -0.25) is 0 Å². The molecule has 0 saturated carbocycles. The third-order valence-corrected chi connectivity index (χ3v) is 3.07. The molecule has 0 aliphatic carbocycles.